The molecule has 1 amide bonds. The number of aromatic amines is 1. The van der Waals surface area contributed by atoms with E-state index < -0.39 is 17.5 Å². The van der Waals surface area contributed by atoms with Crippen molar-refractivity contribution in [2.75, 3.05) is 24.4 Å². The van der Waals surface area contributed by atoms with Crippen LogP contribution in [0.25, 0.3) is 11.0 Å². The minimum Gasteiger partial charge on any atom is -0.436 e. The smallest absolute Gasteiger partial charge is 0.255 e. The van der Waals surface area contributed by atoms with E-state index in [-0.39, 0.29) is 29.2 Å². The summed E-state index contributed by atoms with van der Waals surface area (Å²) in [6.07, 6.45) is 3.45. The molecule has 4 heterocycles. The number of halogens is 2. The first-order valence-electron chi connectivity index (χ1n) is 10.6. The van der Waals surface area contributed by atoms with Gasteiger partial charge < -0.3 is 30.2 Å². The second-order valence-electron chi connectivity index (χ2n) is 8.34. The van der Waals surface area contributed by atoms with Crippen LogP contribution in [0.4, 0.5) is 15.8 Å². The quantitative estimate of drug-likeness (QED) is 0.311. The Labute approximate surface area is 204 Å². The van der Waals surface area contributed by atoms with Crippen molar-refractivity contribution in [1.29, 1.82) is 0 Å². The number of carbonyl (C=O) groups is 1. The van der Waals surface area contributed by atoms with Gasteiger partial charge in [0, 0.05) is 30.6 Å². The fourth-order valence-electron chi connectivity index (χ4n) is 4.06. The first kappa shape index (κ1) is 23.0. The summed E-state index contributed by atoms with van der Waals surface area (Å²) in [4.78, 5) is 23.9. The Kier molecular flexibility index (Phi) is 5.79. The number of anilines is 2. The summed E-state index contributed by atoms with van der Waals surface area (Å²) < 4.78 is 24.6. The highest BCUT2D eigenvalue weighted by Gasteiger charge is 2.39. The second kappa shape index (κ2) is 8.81. The van der Waals surface area contributed by atoms with Crippen LogP contribution in [0.5, 0.6) is 11.6 Å². The standard InChI is InChI=1S/C24H21ClFN5O4/c1-24(11-34-2)23(33)30-17-10-29-21-18(19(17)31-24)14(9-28-21)20(32)13-6-5-12(8-15(13)25)35-22-16(26)4-3-7-27-22/h3-10,20,31-32H,11H2,1-2H3,(H,28,29)(H,30,33)/t20?,24-/m0/s1. The van der Waals surface area contributed by atoms with Crippen LogP contribution < -0.4 is 15.4 Å². The maximum atomic E-state index is 13.9. The van der Waals surface area contributed by atoms with E-state index in [1.54, 1.807) is 25.3 Å². The van der Waals surface area contributed by atoms with Crippen LogP contribution in [0, 0.1) is 5.82 Å². The average Bonchev–Trinajstić information content (AvgIpc) is 3.26. The maximum absolute atomic E-state index is 13.9. The van der Waals surface area contributed by atoms with Gasteiger partial charge in [-0.2, -0.15) is 0 Å². The molecule has 0 radical (unpaired) electrons. The molecule has 4 N–H and O–H groups in total. The number of amides is 1. The van der Waals surface area contributed by atoms with Crippen molar-refractivity contribution in [1.82, 2.24) is 15.0 Å². The number of hydrogen-bond donors (Lipinski definition) is 4. The van der Waals surface area contributed by atoms with Crippen LogP contribution in [-0.4, -0.2) is 45.2 Å². The van der Waals surface area contributed by atoms with E-state index >= 15 is 0 Å². The predicted octanol–water partition coefficient (Wildman–Crippen LogP) is 4.39. The largest absolute Gasteiger partial charge is 0.436 e. The molecule has 3 aromatic heterocycles. The van der Waals surface area contributed by atoms with Gasteiger partial charge in [-0.3, -0.25) is 4.79 Å². The number of carbonyl (C=O) groups excluding carboxylic acids is 1. The van der Waals surface area contributed by atoms with Gasteiger partial charge in [-0.05, 0) is 31.2 Å². The van der Waals surface area contributed by atoms with Crippen molar-refractivity contribution in [3.05, 3.63) is 70.9 Å². The number of rotatable bonds is 6. The van der Waals surface area contributed by atoms with Crippen molar-refractivity contribution >= 4 is 39.9 Å². The molecule has 0 saturated heterocycles. The van der Waals surface area contributed by atoms with Crippen molar-refractivity contribution in [2.24, 2.45) is 0 Å². The van der Waals surface area contributed by atoms with E-state index in [0.717, 1.165) is 0 Å². The minimum atomic E-state index is -1.14. The molecule has 0 aliphatic carbocycles. The number of hydrogen-bond acceptors (Lipinski definition) is 7. The number of fused-ring (bicyclic) bond motifs is 3. The van der Waals surface area contributed by atoms with Crippen molar-refractivity contribution in [2.45, 2.75) is 18.6 Å². The fraction of sp³-hybridized carbons (Fsp3) is 0.208. The summed E-state index contributed by atoms with van der Waals surface area (Å²) in [5.41, 5.74) is 1.48. The van der Waals surface area contributed by atoms with Gasteiger partial charge in [0.2, 0.25) is 0 Å². The normalized spacial score (nSPS) is 18.0. The number of aliphatic hydroxyl groups excluding tert-OH is 1. The number of methoxy groups -OCH3 is 1. The molecule has 1 aliphatic rings. The zero-order chi connectivity index (χ0) is 24.7. The maximum Gasteiger partial charge on any atom is 0.255 e. The number of nitrogens with one attached hydrogen (secondary N) is 3. The number of pyridine rings is 2. The topological polar surface area (TPSA) is 121 Å². The van der Waals surface area contributed by atoms with Crippen LogP contribution in [-0.2, 0) is 9.53 Å². The minimum absolute atomic E-state index is 0.133. The van der Waals surface area contributed by atoms with Crippen LogP contribution in [0.2, 0.25) is 5.02 Å². The lowest BCUT2D eigenvalue weighted by Crippen LogP contribution is -2.53. The molecule has 0 saturated carbocycles. The van der Waals surface area contributed by atoms with Gasteiger partial charge in [0.05, 0.1) is 34.6 Å². The van der Waals surface area contributed by atoms with E-state index in [1.165, 1.54) is 37.7 Å². The fourth-order valence-corrected chi connectivity index (χ4v) is 4.34. The SMILES string of the molecule is COC[C@]1(C)Nc2c(cnc3[nH]cc(C(O)c4ccc(Oc5ncccc5F)cc4Cl)c23)NC1=O. The molecule has 9 nitrogen and oxygen atoms in total. The molecule has 1 unspecified atom stereocenters. The Bertz CT molecular complexity index is 1440. The number of H-pyrrole nitrogens is 1. The molecule has 4 aromatic rings. The molecule has 1 aromatic carbocycles. The Hall–Kier alpha value is -3.73. The van der Waals surface area contributed by atoms with Gasteiger partial charge in [0.25, 0.3) is 11.8 Å². The van der Waals surface area contributed by atoms with Crippen LogP contribution in [0.1, 0.15) is 24.2 Å². The Balaban J connectivity index is 1.51. The van der Waals surface area contributed by atoms with Crippen molar-refractivity contribution in [3.63, 3.8) is 0 Å². The molecule has 180 valence electrons. The lowest BCUT2D eigenvalue weighted by molar-refractivity contribution is -0.121. The van der Waals surface area contributed by atoms with Crippen molar-refractivity contribution in [3.8, 4) is 11.6 Å². The summed E-state index contributed by atoms with van der Waals surface area (Å²) in [6.45, 7) is 1.86. The van der Waals surface area contributed by atoms with Crippen LogP contribution in [0.15, 0.2) is 48.9 Å². The zero-order valence-corrected chi connectivity index (χ0v) is 19.5. The third kappa shape index (κ3) is 4.05. The Morgan fingerprint density at radius 3 is 2.83 bits per heavy atom. The predicted molar refractivity (Wildman–Crippen MR) is 128 cm³/mol. The summed E-state index contributed by atoms with van der Waals surface area (Å²) >= 11 is 6.48. The third-order valence-corrected chi connectivity index (χ3v) is 6.14. The average molecular weight is 498 g/mol. The highest BCUT2D eigenvalue weighted by atomic mass is 35.5. The summed E-state index contributed by atoms with van der Waals surface area (Å²) in [6, 6.07) is 7.33. The van der Waals surface area contributed by atoms with Crippen LogP contribution in [0.3, 0.4) is 0 Å². The Morgan fingerprint density at radius 1 is 1.26 bits per heavy atom. The monoisotopic (exact) mass is 497 g/mol. The highest BCUT2D eigenvalue weighted by Crippen LogP contribution is 2.42. The highest BCUT2D eigenvalue weighted by molar-refractivity contribution is 6.31. The van der Waals surface area contributed by atoms with E-state index in [9.17, 15) is 14.3 Å². The Morgan fingerprint density at radius 2 is 2.09 bits per heavy atom. The number of aliphatic hydroxyl groups is 1. The van der Waals surface area contributed by atoms with E-state index in [4.69, 9.17) is 21.1 Å². The molecule has 0 spiro atoms. The molecule has 35 heavy (non-hydrogen) atoms. The zero-order valence-electron chi connectivity index (χ0n) is 18.7. The second-order valence-corrected chi connectivity index (χ2v) is 8.74. The molecule has 2 atom stereocenters. The lowest BCUT2D eigenvalue weighted by atomic mass is 9.95. The molecule has 5 rings (SSSR count). The van der Waals surface area contributed by atoms with Gasteiger partial charge in [-0.1, -0.05) is 17.7 Å². The van der Waals surface area contributed by atoms with Gasteiger partial charge in [-0.25, -0.2) is 14.4 Å². The molecule has 1 aliphatic heterocycles. The molecule has 11 heteroatoms. The molecular formula is C24H21ClFN5O4. The first-order valence-corrected chi connectivity index (χ1v) is 11.0. The van der Waals surface area contributed by atoms with E-state index in [2.05, 4.69) is 25.6 Å². The van der Waals surface area contributed by atoms with Gasteiger partial charge in [0.15, 0.2) is 5.82 Å². The first-order chi connectivity index (χ1) is 16.8. The van der Waals surface area contributed by atoms with E-state index in [0.29, 0.717) is 33.5 Å². The van der Waals surface area contributed by atoms with E-state index in [1.807, 2.05) is 0 Å². The molecule has 0 fully saturated rings. The number of ether oxygens (including phenoxy) is 2. The summed E-state index contributed by atoms with van der Waals surface area (Å²) in [7, 11) is 1.51. The number of benzene rings is 1. The lowest BCUT2D eigenvalue weighted by Gasteiger charge is -2.35. The number of nitrogens with zero attached hydrogens (tertiary/aromatic N) is 2. The van der Waals surface area contributed by atoms with Gasteiger partial charge in [-0.15, -0.1) is 0 Å². The number of aromatic nitrogens is 3. The molecular weight excluding hydrogens is 477 g/mol. The summed E-state index contributed by atoms with van der Waals surface area (Å²) in [5, 5.41) is 18.2. The summed E-state index contributed by atoms with van der Waals surface area (Å²) in [5.74, 6) is -0.780. The third-order valence-electron chi connectivity index (χ3n) is 5.82. The van der Waals surface area contributed by atoms with Crippen LogP contribution >= 0.6 is 11.6 Å². The van der Waals surface area contributed by atoms with Gasteiger partial charge in [0.1, 0.15) is 23.0 Å². The van der Waals surface area contributed by atoms with Crippen molar-refractivity contribution < 1.29 is 23.8 Å². The molecule has 0 bridgehead atoms. The van der Waals surface area contributed by atoms with Gasteiger partial charge >= 0.3 is 0 Å².